The van der Waals surface area contributed by atoms with Crippen LogP contribution < -0.4 is 4.74 Å². The first-order valence-corrected chi connectivity index (χ1v) is 3.69. The van der Waals surface area contributed by atoms with Gasteiger partial charge in [-0.15, -0.1) is 0 Å². The summed E-state index contributed by atoms with van der Waals surface area (Å²) < 4.78 is 5.77. The molecule has 2 nitrogen and oxygen atoms in total. The highest BCUT2D eigenvalue weighted by Crippen LogP contribution is 2.21. The van der Waals surface area contributed by atoms with E-state index in [1.54, 1.807) is 13.3 Å². The molecular formula is C7H8BrNO. The fraction of sp³-hybridized carbons (Fsp3) is 0.286. The van der Waals surface area contributed by atoms with Gasteiger partial charge in [0.1, 0.15) is 4.60 Å². The number of aryl methyl sites for hydroxylation is 1. The molecule has 1 aromatic rings. The van der Waals surface area contributed by atoms with Crippen LogP contribution in [0.15, 0.2) is 16.9 Å². The van der Waals surface area contributed by atoms with Gasteiger partial charge < -0.3 is 4.74 Å². The molecule has 0 saturated carbocycles. The first-order valence-electron chi connectivity index (χ1n) is 2.90. The summed E-state index contributed by atoms with van der Waals surface area (Å²) in [7, 11) is 1.63. The van der Waals surface area contributed by atoms with Crippen molar-refractivity contribution in [3.8, 4) is 5.75 Å². The van der Waals surface area contributed by atoms with Crippen molar-refractivity contribution in [1.29, 1.82) is 0 Å². The SMILES string of the molecule is COc1cc(C)cnc1Br. The zero-order valence-corrected chi connectivity index (χ0v) is 7.47. The van der Waals surface area contributed by atoms with E-state index in [-0.39, 0.29) is 0 Å². The van der Waals surface area contributed by atoms with E-state index in [0.29, 0.717) is 0 Å². The van der Waals surface area contributed by atoms with Gasteiger partial charge in [0.05, 0.1) is 7.11 Å². The summed E-state index contributed by atoms with van der Waals surface area (Å²) in [5.41, 5.74) is 1.10. The molecule has 0 aliphatic carbocycles. The Morgan fingerprint density at radius 1 is 1.60 bits per heavy atom. The summed E-state index contributed by atoms with van der Waals surface area (Å²) in [6, 6.07) is 1.93. The number of hydrogen-bond donors (Lipinski definition) is 0. The van der Waals surface area contributed by atoms with Crippen molar-refractivity contribution in [2.75, 3.05) is 7.11 Å². The fourth-order valence-electron chi connectivity index (χ4n) is 0.669. The average Bonchev–Trinajstić information content (AvgIpc) is 1.94. The van der Waals surface area contributed by atoms with Crippen LogP contribution in [0.5, 0.6) is 5.75 Å². The number of nitrogens with zero attached hydrogens (tertiary/aromatic N) is 1. The molecule has 0 bridgehead atoms. The molecule has 0 radical (unpaired) electrons. The number of hydrogen-bond acceptors (Lipinski definition) is 2. The molecule has 0 aliphatic heterocycles. The molecule has 1 aromatic heterocycles. The van der Waals surface area contributed by atoms with Crippen LogP contribution in [-0.2, 0) is 0 Å². The second-order valence-electron chi connectivity index (χ2n) is 2.01. The lowest BCUT2D eigenvalue weighted by molar-refractivity contribution is 0.409. The van der Waals surface area contributed by atoms with E-state index in [0.717, 1.165) is 15.9 Å². The molecule has 0 atom stereocenters. The molecule has 3 heteroatoms. The number of ether oxygens (including phenoxy) is 1. The third-order valence-electron chi connectivity index (χ3n) is 1.16. The van der Waals surface area contributed by atoms with Gasteiger partial charge in [-0.3, -0.25) is 0 Å². The lowest BCUT2D eigenvalue weighted by Gasteiger charge is -2.01. The quantitative estimate of drug-likeness (QED) is 0.651. The second-order valence-corrected chi connectivity index (χ2v) is 2.76. The van der Waals surface area contributed by atoms with E-state index in [1.807, 2.05) is 13.0 Å². The van der Waals surface area contributed by atoms with Crippen molar-refractivity contribution in [3.63, 3.8) is 0 Å². The summed E-state index contributed by atoms with van der Waals surface area (Å²) in [4.78, 5) is 4.04. The van der Waals surface area contributed by atoms with Gasteiger partial charge in [-0.1, -0.05) is 0 Å². The number of methoxy groups -OCH3 is 1. The minimum absolute atomic E-state index is 0.751. The van der Waals surface area contributed by atoms with Crippen LogP contribution in [0.4, 0.5) is 0 Å². The van der Waals surface area contributed by atoms with Crippen LogP contribution in [0.1, 0.15) is 5.56 Å². The van der Waals surface area contributed by atoms with Crippen molar-refractivity contribution in [2.45, 2.75) is 6.92 Å². The van der Waals surface area contributed by atoms with Crippen molar-refractivity contribution >= 4 is 15.9 Å². The summed E-state index contributed by atoms with van der Waals surface area (Å²) in [6.45, 7) is 1.97. The van der Waals surface area contributed by atoms with Crippen molar-refractivity contribution in [3.05, 3.63) is 22.4 Å². The van der Waals surface area contributed by atoms with E-state index < -0.39 is 0 Å². The zero-order valence-electron chi connectivity index (χ0n) is 5.89. The van der Waals surface area contributed by atoms with E-state index in [2.05, 4.69) is 20.9 Å². The number of pyridine rings is 1. The van der Waals surface area contributed by atoms with Gasteiger partial charge in [0.15, 0.2) is 5.75 Å². The van der Waals surface area contributed by atoms with Gasteiger partial charge in [-0.2, -0.15) is 0 Å². The van der Waals surface area contributed by atoms with Gasteiger partial charge in [-0.25, -0.2) is 4.98 Å². The summed E-state index contributed by atoms with van der Waals surface area (Å²) in [5.74, 6) is 0.778. The molecule has 0 amide bonds. The Bertz CT molecular complexity index is 237. The van der Waals surface area contributed by atoms with Crippen LogP contribution >= 0.6 is 15.9 Å². The van der Waals surface area contributed by atoms with Gasteiger partial charge in [0.25, 0.3) is 0 Å². The van der Waals surface area contributed by atoms with Gasteiger partial charge in [0, 0.05) is 6.20 Å². The first kappa shape index (κ1) is 7.54. The molecule has 0 unspecified atom stereocenters. The summed E-state index contributed by atoms with van der Waals surface area (Å²) >= 11 is 3.25. The molecular weight excluding hydrogens is 194 g/mol. The molecule has 0 aliphatic rings. The fourth-order valence-corrected chi connectivity index (χ4v) is 1.05. The van der Waals surface area contributed by atoms with Gasteiger partial charge in [-0.05, 0) is 34.5 Å². The van der Waals surface area contributed by atoms with E-state index >= 15 is 0 Å². The Morgan fingerprint density at radius 2 is 2.30 bits per heavy atom. The molecule has 0 N–H and O–H groups in total. The topological polar surface area (TPSA) is 22.1 Å². The minimum Gasteiger partial charge on any atom is -0.494 e. The Morgan fingerprint density at radius 3 is 2.80 bits per heavy atom. The highest BCUT2D eigenvalue weighted by Gasteiger charge is 1.98. The third kappa shape index (κ3) is 1.48. The van der Waals surface area contributed by atoms with Crippen molar-refractivity contribution in [2.24, 2.45) is 0 Å². The standard InChI is InChI=1S/C7H8BrNO/c1-5-3-6(10-2)7(8)9-4-5/h3-4H,1-2H3. The molecule has 54 valence electrons. The number of rotatable bonds is 1. The molecule has 1 heterocycles. The normalized spacial score (nSPS) is 9.50. The Kier molecular flexibility index (Phi) is 2.27. The molecule has 0 aromatic carbocycles. The Balaban J connectivity index is 3.09. The summed E-state index contributed by atoms with van der Waals surface area (Å²) in [6.07, 6.45) is 1.78. The van der Waals surface area contributed by atoms with Crippen LogP contribution in [0.25, 0.3) is 0 Å². The van der Waals surface area contributed by atoms with Crippen LogP contribution in [0.2, 0.25) is 0 Å². The molecule has 0 fully saturated rings. The average molecular weight is 202 g/mol. The van der Waals surface area contributed by atoms with Crippen LogP contribution in [0.3, 0.4) is 0 Å². The number of halogens is 1. The monoisotopic (exact) mass is 201 g/mol. The van der Waals surface area contributed by atoms with Gasteiger partial charge >= 0.3 is 0 Å². The van der Waals surface area contributed by atoms with Gasteiger partial charge in [0.2, 0.25) is 0 Å². The largest absolute Gasteiger partial charge is 0.494 e. The van der Waals surface area contributed by atoms with Crippen molar-refractivity contribution < 1.29 is 4.74 Å². The summed E-state index contributed by atoms with van der Waals surface area (Å²) in [5, 5.41) is 0. The molecule has 10 heavy (non-hydrogen) atoms. The predicted octanol–water partition coefficient (Wildman–Crippen LogP) is 2.16. The van der Waals surface area contributed by atoms with Crippen LogP contribution in [0, 0.1) is 6.92 Å². The Hall–Kier alpha value is -0.570. The molecule has 0 saturated heterocycles. The number of aromatic nitrogens is 1. The van der Waals surface area contributed by atoms with Crippen LogP contribution in [-0.4, -0.2) is 12.1 Å². The first-order chi connectivity index (χ1) is 4.74. The second kappa shape index (κ2) is 3.01. The highest BCUT2D eigenvalue weighted by atomic mass is 79.9. The Labute approximate surface area is 68.4 Å². The minimum atomic E-state index is 0.751. The maximum absolute atomic E-state index is 5.02. The third-order valence-corrected chi connectivity index (χ3v) is 1.76. The smallest absolute Gasteiger partial charge is 0.151 e. The predicted molar refractivity (Wildman–Crippen MR) is 43.2 cm³/mol. The van der Waals surface area contributed by atoms with E-state index in [4.69, 9.17) is 4.74 Å². The maximum Gasteiger partial charge on any atom is 0.151 e. The zero-order chi connectivity index (χ0) is 7.56. The molecule has 1 rings (SSSR count). The lowest BCUT2D eigenvalue weighted by atomic mass is 10.3. The van der Waals surface area contributed by atoms with Crippen molar-refractivity contribution in [1.82, 2.24) is 4.98 Å². The van der Waals surface area contributed by atoms with E-state index in [9.17, 15) is 0 Å². The molecule has 0 spiro atoms. The van der Waals surface area contributed by atoms with E-state index in [1.165, 1.54) is 0 Å². The maximum atomic E-state index is 5.02. The lowest BCUT2D eigenvalue weighted by Crippen LogP contribution is -1.87. The highest BCUT2D eigenvalue weighted by molar-refractivity contribution is 9.10.